The summed E-state index contributed by atoms with van der Waals surface area (Å²) >= 11 is 0. The smallest absolute Gasteiger partial charge is 0.302 e. The standard InChI is InChI=1S/C7H13NO2.ClH/c1-6(9)10-5-7-3-2-4-8-7;/h7-8H,2-5H2,1H3;1H. The number of carbonyl (C=O) groups is 1. The third-order valence-corrected chi connectivity index (χ3v) is 1.65. The van der Waals surface area contributed by atoms with Crippen molar-refractivity contribution >= 4 is 18.4 Å². The number of hydrogen-bond donors (Lipinski definition) is 1. The van der Waals surface area contributed by atoms with E-state index in [2.05, 4.69) is 5.32 Å². The van der Waals surface area contributed by atoms with Crippen LogP contribution >= 0.6 is 12.4 Å². The molecule has 0 saturated carbocycles. The molecule has 1 heterocycles. The van der Waals surface area contributed by atoms with Crippen LogP contribution in [0.3, 0.4) is 0 Å². The summed E-state index contributed by atoms with van der Waals surface area (Å²) in [6.07, 6.45) is 2.33. The van der Waals surface area contributed by atoms with Crippen LogP contribution in [-0.2, 0) is 9.53 Å². The molecule has 1 N–H and O–H groups in total. The van der Waals surface area contributed by atoms with Gasteiger partial charge in [-0.2, -0.15) is 0 Å². The van der Waals surface area contributed by atoms with Crippen molar-refractivity contribution in [1.29, 1.82) is 0 Å². The molecule has 66 valence electrons. The number of rotatable bonds is 2. The summed E-state index contributed by atoms with van der Waals surface area (Å²) in [7, 11) is 0. The van der Waals surface area contributed by atoms with Crippen molar-refractivity contribution in [3.63, 3.8) is 0 Å². The number of ether oxygens (including phenoxy) is 1. The lowest BCUT2D eigenvalue weighted by Crippen LogP contribution is -2.27. The van der Waals surface area contributed by atoms with Gasteiger partial charge in [0.15, 0.2) is 0 Å². The van der Waals surface area contributed by atoms with Gasteiger partial charge in [-0.05, 0) is 19.4 Å². The summed E-state index contributed by atoms with van der Waals surface area (Å²) in [6, 6.07) is 0.406. The quantitative estimate of drug-likeness (QED) is 0.635. The predicted octanol–water partition coefficient (Wildman–Crippen LogP) is 0.723. The number of esters is 1. The molecule has 0 radical (unpaired) electrons. The first-order valence-corrected chi connectivity index (χ1v) is 3.66. The lowest BCUT2D eigenvalue weighted by molar-refractivity contribution is -0.141. The first-order chi connectivity index (χ1) is 4.79. The molecule has 3 nitrogen and oxygen atoms in total. The second kappa shape index (κ2) is 5.38. The van der Waals surface area contributed by atoms with Gasteiger partial charge >= 0.3 is 5.97 Å². The van der Waals surface area contributed by atoms with E-state index in [1.807, 2.05) is 0 Å². The Morgan fingerprint density at radius 1 is 1.73 bits per heavy atom. The third-order valence-electron chi connectivity index (χ3n) is 1.65. The molecule has 1 rings (SSSR count). The molecule has 0 aromatic heterocycles. The Kier molecular flexibility index (Phi) is 5.24. The molecule has 0 aromatic rings. The molecule has 1 aliphatic heterocycles. The molecule has 1 saturated heterocycles. The highest BCUT2D eigenvalue weighted by atomic mass is 35.5. The molecular formula is C7H14ClNO2. The van der Waals surface area contributed by atoms with E-state index >= 15 is 0 Å². The van der Waals surface area contributed by atoms with E-state index < -0.39 is 0 Å². The van der Waals surface area contributed by atoms with Crippen LogP contribution in [0.25, 0.3) is 0 Å². The molecule has 0 aliphatic carbocycles. The zero-order valence-electron chi connectivity index (χ0n) is 6.63. The average Bonchev–Trinajstić information content (AvgIpc) is 2.34. The summed E-state index contributed by atoms with van der Waals surface area (Å²) < 4.78 is 4.82. The van der Waals surface area contributed by atoms with E-state index in [-0.39, 0.29) is 18.4 Å². The Bertz CT molecular complexity index is 124. The molecule has 0 spiro atoms. The van der Waals surface area contributed by atoms with Gasteiger partial charge in [0.05, 0.1) is 0 Å². The number of hydrogen-bond acceptors (Lipinski definition) is 3. The molecular weight excluding hydrogens is 166 g/mol. The van der Waals surface area contributed by atoms with E-state index in [0.717, 1.165) is 13.0 Å². The predicted molar refractivity (Wildman–Crippen MR) is 44.9 cm³/mol. The van der Waals surface area contributed by atoms with Crippen LogP contribution < -0.4 is 5.32 Å². The molecule has 1 fully saturated rings. The van der Waals surface area contributed by atoms with Crippen LogP contribution in [0.4, 0.5) is 0 Å². The molecule has 4 heteroatoms. The third kappa shape index (κ3) is 4.22. The SMILES string of the molecule is CC(=O)OCC1CCCN1.Cl. The van der Waals surface area contributed by atoms with Gasteiger partial charge in [-0.3, -0.25) is 4.79 Å². The van der Waals surface area contributed by atoms with Crippen LogP contribution in [-0.4, -0.2) is 25.2 Å². The first-order valence-electron chi connectivity index (χ1n) is 3.66. The van der Waals surface area contributed by atoms with Crippen LogP contribution in [0.15, 0.2) is 0 Å². The van der Waals surface area contributed by atoms with Crippen molar-refractivity contribution in [3.8, 4) is 0 Å². The fraction of sp³-hybridized carbons (Fsp3) is 0.857. The molecule has 1 aliphatic rings. The molecule has 0 aromatic carbocycles. The average molecular weight is 180 g/mol. The van der Waals surface area contributed by atoms with Crippen molar-refractivity contribution in [2.75, 3.05) is 13.2 Å². The summed E-state index contributed by atoms with van der Waals surface area (Å²) in [4.78, 5) is 10.4. The van der Waals surface area contributed by atoms with Gasteiger partial charge in [-0.15, -0.1) is 12.4 Å². The Morgan fingerprint density at radius 3 is 2.91 bits per heavy atom. The maximum absolute atomic E-state index is 10.4. The lowest BCUT2D eigenvalue weighted by Gasteiger charge is -2.08. The summed E-state index contributed by atoms with van der Waals surface area (Å²) in [5.74, 6) is -0.186. The second-order valence-corrected chi connectivity index (χ2v) is 2.60. The summed E-state index contributed by atoms with van der Waals surface area (Å²) in [6.45, 7) is 3.04. The van der Waals surface area contributed by atoms with E-state index in [1.54, 1.807) is 0 Å². The number of carbonyl (C=O) groups excluding carboxylic acids is 1. The maximum atomic E-state index is 10.4. The van der Waals surface area contributed by atoms with E-state index in [9.17, 15) is 4.79 Å². The van der Waals surface area contributed by atoms with Crippen molar-refractivity contribution in [1.82, 2.24) is 5.32 Å². The Morgan fingerprint density at radius 2 is 2.45 bits per heavy atom. The first kappa shape index (κ1) is 10.7. The highest BCUT2D eigenvalue weighted by Gasteiger charge is 2.14. The summed E-state index contributed by atoms with van der Waals surface area (Å²) in [5.41, 5.74) is 0. The highest BCUT2D eigenvalue weighted by molar-refractivity contribution is 5.85. The van der Waals surface area contributed by atoms with E-state index in [1.165, 1.54) is 13.3 Å². The van der Waals surface area contributed by atoms with E-state index in [0.29, 0.717) is 12.6 Å². The normalized spacial score (nSPS) is 22.5. The molecule has 1 unspecified atom stereocenters. The molecule has 11 heavy (non-hydrogen) atoms. The Labute approximate surface area is 72.9 Å². The van der Waals surface area contributed by atoms with Crippen molar-refractivity contribution in [3.05, 3.63) is 0 Å². The Balaban J connectivity index is 0.000001000. The fourth-order valence-electron chi connectivity index (χ4n) is 1.12. The van der Waals surface area contributed by atoms with E-state index in [4.69, 9.17) is 4.74 Å². The zero-order chi connectivity index (χ0) is 7.40. The maximum Gasteiger partial charge on any atom is 0.302 e. The van der Waals surface area contributed by atoms with Gasteiger partial charge in [0.25, 0.3) is 0 Å². The summed E-state index contributed by atoms with van der Waals surface area (Å²) in [5, 5.41) is 3.23. The highest BCUT2D eigenvalue weighted by Crippen LogP contribution is 2.04. The molecule has 0 bridgehead atoms. The minimum Gasteiger partial charge on any atom is -0.464 e. The topological polar surface area (TPSA) is 38.3 Å². The molecule has 1 atom stereocenters. The van der Waals surface area contributed by atoms with Crippen LogP contribution in [0.5, 0.6) is 0 Å². The minimum atomic E-state index is -0.186. The van der Waals surface area contributed by atoms with Gasteiger partial charge in [0.1, 0.15) is 6.61 Å². The van der Waals surface area contributed by atoms with Gasteiger partial charge in [0.2, 0.25) is 0 Å². The zero-order valence-corrected chi connectivity index (χ0v) is 7.45. The van der Waals surface area contributed by atoms with Crippen molar-refractivity contribution in [2.45, 2.75) is 25.8 Å². The lowest BCUT2D eigenvalue weighted by atomic mass is 10.2. The van der Waals surface area contributed by atoms with Gasteiger partial charge < -0.3 is 10.1 Å². The monoisotopic (exact) mass is 179 g/mol. The minimum absolute atomic E-state index is 0. The van der Waals surface area contributed by atoms with Gasteiger partial charge in [-0.1, -0.05) is 0 Å². The van der Waals surface area contributed by atoms with Crippen molar-refractivity contribution < 1.29 is 9.53 Å². The van der Waals surface area contributed by atoms with Crippen LogP contribution in [0.1, 0.15) is 19.8 Å². The van der Waals surface area contributed by atoms with Crippen molar-refractivity contribution in [2.24, 2.45) is 0 Å². The van der Waals surface area contributed by atoms with Crippen LogP contribution in [0, 0.1) is 0 Å². The van der Waals surface area contributed by atoms with Gasteiger partial charge in [0, 0.05) is 13.0 Å². The second-order valence-electron chi connectivity index (χ2n) is 2.60. The Hall–Kier alpha value is -0.280. The fourth-order valence-corrected chi connectivity index (χ4v) is 1.12. The van der Waals surface area contributed by atoms with Crippen LogP contribution in [0.2, 0.25) is 0 Å². The number of halogens is 1. The largest absolute Gasteiger partial charge is 0.464 e. The molecule has 0 amide bonds. The van der Waals surface area contributed by atoms with Gasteiger partial charge in [-0.25, -0.2) is 0 Å². The number of nitrogens with one attached hydrogen (secondary N) is 1.